The first-order valence-electron chi connectivity index (χ1n) is 8.35. The summed E-state index contributed by atoms with van der Waals surface area (Å²) in [6.45, 7) is 7.42. The minimum absolute atomic E-state index is 0.476. The molecule has 1 unspecified atom stereocenters. The van der Waals surface area contributed by atoms with Gasteiger partial charge in [0.1, 0.15) is 0 Å². The highest BCUT2D eigenvalue weighted by atomic mass is 32.2. The summed E-state index contributed by atoms with van der Waals surface area (Å²) in [7, 11) is 0. The lowest BCUT2D eigenvalue weighted by atomic mass is 10.0. The lowest BCUT2D eigenvalue weighted by Crippen LogP contribution is -2.26. The molecule has 3 heteroatoms. The highest BCUT2D eigenvalue weighted by Crippen LogP contribution is 2.27. The Morgan fingerprint density at radius 2 is 1.90 bits per heavy atom. The van der Waals surface area contributed by atoms with Crippen LogP contribution in [-0.2, 0) is 11.2 Å². The van der Waals surface area contributed by atoms with Gasteiger partial charge in [0, 0.05) is 30.3 Å². The number of hydrogen-bond donors (Lipinski definition) is 1. The van der Waals surface area contributed by atoms with Crippen molar-refractivity contribution in [1.29, 1.82) is 0 Å². The van der Waals surface area contributed by atoms with Gasteiger partial charge in [0.25, 0.3) is 0 Å². The van der Waals surface area contributed by atoms with Gasteiger partial charge in [-0.25, -0.2) is 0 Å². The molecule has 118 valence electrons. The molecule has 1 aliphatic heterocycles. The van der Waals surface area contributed by atoms with E-state index in [0.29, 0.717) is 6.04 Å². The van der Waals surface area contributed by atoms with Gasteiger partial charge in [0.05, 0.1) is 0 Å². The van der Waals surface area contributed by atoms with Crippen LogP contribution < -0.4 is 5.32 Å². The number of aryl methyl sites for hydroxylation is 1. The lowest BCUT2D eigenvalue weighted by Gasteiger charge is -2.25. The molecule has 1 aromatic rings. The Morgan fingerprint density at radius 3 is 2.52 bits per heavy atom. The first-order valence-corrected chi connectivity index (χ1v) is 9.40. The predicted molar refractivity (Wildman–Crippen MR) is 93.2 cm³/mol. The molecule has 0 amide bonds. The minimum Gasteiger partial charge on any atom is -0.381 e. The van der Waals surface area contributed by atoms with Gasteiger partial charge in [0.15, 0.2) is 0 Å². The Labute approximate surface area is 134 Å². The van der Waals surface area contributed by atoms with E-state index in [1.54, 1.807) is 0 Å². The molecule has 1 aliphatic rings. The van der Waals surface area contributed by atoms with E-state index >= 15 is 0 Å². The van der Waals surface area contributed by atoms with Crippen LogP contribution in [0, 0.1) is 0 Å². The summed E-state index contributed by atoms with van der Waals surface area (Å²) in [6, 6.07) is 9.63. The quantitative estimate of drug-likeness (QED) is 0.777. The second kappa shape index (κ2) is 9.50. The fourth-order valence-electron chi connectivity index (χ4n) is 2.65. The van der Waals surface area contributed by atoms with Crippen LogP contribution >= 0.6 is 11.8 Å². The van der Waals surface area contributed by atoms with E-state index in [4.69, 9.17) is 4.74 Å². The van der Waals surface area contributed by atoms with Gasteiger partial charge >= 0.3 is 0 Å². The maximum absolute atomic E-state index is 5.45. The number of benzene rings is 1. The molecule has 1 heterocycles. The Morgan fingerprint density at radius 1 is 1.19 bits per heavy atom. The topological polar surface area (TPSA) is 21.3 Å². The van der Waals surface area contributed by atoms with Crippen LogP contribution in [0.1, 0.15) is 50.3 Å². The van der Waals surface area contributed by atoms with Crippen molar-refractivity contribution < 1.29 is 4.74 Å². The van der Waals surface area contributed by atoms with E-state index in [1.165, 1.54) is 30.4 Å². The number of ether oxygens (including phenoxy) is 1. The molecule has 0 bridgehead atoms. The minimum atomic E-state index is 0.476. The SMILES string of the molecule is CCCNC(CSC1CCOCC1)c1ccc(CC)cc1. The fourth-order valence-corrected chi connectivity index (χ4v) is 3.95. The molecule has 0 saturated carbocycles. The van der Waals surface area contributed by atoms with Crippen molar-refractivity contribution in [3.63, 3.8) is 0 Å². The maximum atomic E-state index is 5.45. The molecular weight excluding hydrogens is 278 g/mol. The van der Waals surface area contributed by atoms with Crippen molar-refractivity contribution >= 4 is 11.8 Å². The standard InChI is InChI=1S/C18H29NOS/c1-3-11-19-18(14-21-17-9-12-20-13-10-17)16-7-5-15(4-2)6-8-16/h5-8,17-19H,3-4,9-14H2,1-2H3. The van der Waals surface area contributed by atoms with Crippen molar-refractivity contribution in [2.75, 3.05) is 25.5 Å². The molecule has 0 aliphatic carbocycles. The zero-order chi connectivity index (χ0) is 14.9. The summed E-state index contributed by atoms with van der Waals surface area (Å²) >= 11 is 2.12. The summed E-state index contributed by atoms with van der Waals surface area (Å²) in [6.07, 6.45) is 4.72. The Bertz CT molecular complexity index is 387. The van der Waals surface area contributed by atoms with Gasteiger partial charge in [-0.3, -0.25) is 0 Å². The third kappa shape index (κ3) is 5.65. The second-order valence-electron chi connectivity index (χ2n) is 5.75. The molecular formula is C18H29NOS. The summed E-state index contributed by atoms with van der Waals surface area (Å²) in [5, 5.41) is 4.49. The highest BCUT2D eigenvalue weighted by Gasteiger charge is 2.17. The molecule has 1 fully saturated rings. The maximum Gasteiger partial charge on any atom is 0.0476 e. The average Bonchev–Trinajstić information content (AvgIpc) is 2.56. The van der Waals surface area contributed by atoms with Crippen molar-refractivity contribution in [1.82, 2.24) is 5.32 Å². The Hall–Kier alpha value is -0.510. The lowest BCUT2D eigenvalue weighted by molar-refractivity contribution is 0.1000. The Balaban J connectivity index is 1.91. The van der Waals surface area contributed by atoms with Crippen LogP contribution in [0.25, 0.3) is 0 Å². The molecule has 0 spiro atoms. The van der Waals surface area contributed by atoms with E-state index in [2.05, 4.69) is 55.2 Å². The smallest absolute Gasteiger partial charge is 0.0476 e. The van der Waals surface area contributed by atoms with Crippen LogP contribution in [0.5, 0.6) is 0 Å². The van der Waals surface area contributed by atoms with Gasteiger partial charge in [-0.05, 0) is 43.4 Å². The second-order valence-corrected chi connectivity index (χ2v) is 7.08. The molecule has 1 saturated heterocycles. The van der Waals surface area contributed by atoms with Crippen LogP contribution in [0.3, 0.4) is 0 Å². The van der Waals surface area contributed by atoms with Crippen LogP contribution in [0.15, 0.2) is 24.3 Å². The normalized spacial score (nSPS) is 17.8. The molecule has 21 heavy (non-hydrogen) atoms. The van der Waals surface area contributed by atoms with E-state index in [0.717, 1.165) is 37.2 Å². The summed E-state index contributed by atoms with van der Waals surface area (Å²) in [4.78, 5) is 0. The van der Waals surface area contributed by atoms with Gasteiger partial charge < -0.3 is 10.1 Å². The molecule has 1 N–H and O–H groups in total. The van der Waals surface area contributed by atoms with E-state index in [1.807, 2.05) is 0 Å². The van der Waals surface area contributed by atoms with Crippen molar-refractivity contribution in [3.05, 3.63) is 35.4 Å². The third-order valence-corrected chi connectivity index (χ3v) is 5.57. The number of hydrogen-bond acceptors (Lipinski definition) is 3. The van der Waals surface area contributed by atoms with Crippen LogP contribution in [0.2, 0.25) is 0 Å². The Kier molecular flexibility index (Phi) is 7.62. The molecule has 1 atom stereocenters. The summed E-state index contributed by atoms with van der Waals surface area (Å²) < 4.78 is 5.45. The average molecular weight is 308 g/mol. The third-order valence-electron chi connectivity index (χ3n) is 4.10. The number of rotatable bonds is 8. The van der Waals surface area contributed by atoms with Gasteiger partial charge in [-0.2, -0.15) is 11.8 Å². The fraction of sp³-hybridized carbons (Fsp3) is 0.667. The first kappa shape index (κ1) is 16.9. The number of nitrogens with one attached hydrogen (secondary N) is 1. The van der Waals surface area contributed by atoms with Gasteiger partial charge in [0.2, 0.25) is 0 Å². The largest absolute Gasteiger partial charge is 0.381 e. The monoisotopic (exact) mass is 307 g/mol. The van der Waals surface area contributed by atoms with Crippen molar-refractivity contribution in [2.24, 2.45) is 0 Å². The zero-order valence-electron chi connectivity index (χ0n) is 13.4. The zero-order valence-corrected chi connectivity index (χ0v) is 14.3. The molecule has 2 nitrogen and oxygen atoms in total. The van der Waals surface area contributed by atoms with E-state index in [9.17, 15) is 0 Å². The summed E-state index contributed by atoms with van der Waals surface area (Å²) in [5.41, 5.74) is 2.85. The van der Waals surface area contributed by atoms with Crippen LogP contribution in [-0.4, -0.2) is 30.8 Å². The molecule has 0 radical (unpaired) electrons. The summed E-state index contributed by atoms with van der Waals surface area (Å²) in [5.74, 6) is 1.16. The highest BCUT2D eigenvalue weighted by molar-refractivity contribution is 7.99. The number of thioether (sulfide) groups is 1. The van der Waals surface area contributed by atoms with Crippen LogP contribution in [0.4, 0.5) is 0 Å². The molecule has 2 rings (SSSR count). The van der Waals surface area contributed by atoms with Gasteiger partial charge in [-0.1, -0.05) is 38.1 Å². The van der Waals surface area contributed by atoms with E-state index in [-0.39, 0.29) is 0 Å². The van der Waals surface area contributed by atoms with Crippen molar-refractivity contribution in [2.45, 2.75) is 50.8 Å². The predicted octanol–water partition coefficient (Wildman–Crippen LogP) is 4.20. The molecule has 1 aromatic carbocycles. The van der Waals surface area contributed by atoms with Gasteiger partial charge in [-0.15, -0.1) is 0 Å². The molecule has 0 aromatic heterocycles. The first-order chi connectivity index (χ1) is 10.3. The van der Waals surface area contributed by atoms with Crippen molar-refractivity contribution in [3.8, 4) is 0 Å². The van der Waals surface area contributed by atoms with E-state index < -0.39 is 0 Å².